The highest BCUT2D eigenvalue weighted by Gasteiger charge is 2.11. The summed E-state index contributed by atoms with van der Waals surface area (Å²) in [4.78, 5) is 21.0. The highest BCUT2D eigenvalue weighted by molar-refractivity contribution is 7.99. The van der Waals surface area contributed by atoms with E-state index >= 15 is 0 Å². The van der Waals surface area contributed by atoms with Gasteiger partial charge in [-0.15, -0.1) is 0 Å². The van der Waals surface area contributed by atoms with Crippen LogP contribution >= 0.6 is 23.4 Å². The molecule has 3 heterocycles. The lowest BCUT2D eigenvalue weighted by atomic mass is 10.2. The van der Waals surface area contributed by atoms with E-state index in [1.165, 1.54) is 18.1 Å². The lowest BCUT2D eigenvalue weighted by Gasteiger charge is -2.03. The first-order valence-corrected chi connectivity index (χ1v) is 7.58. The number of hydrogen-bond acceptors (Lipinski definition) is 6. The Balaban J connectivity index is 1.80. The second-order valence-electron chi connectivity index (χ2n) is 4.57. The van der Waals surface area contributed by atoms with Gasteiger partial charge in [-0.2, -0.15) is 0 Å². The van der Waals surface area contributed by atoms with Crippen LogP contribution < -0.4 is 5.73 Å². The summed E-state index contributed by atoms with van der Waals surface area (Å²) in [5.41, 5.74) is 7.85. The van der Waals surface area contributed by atoms with Gasteiger partial charge < -0.3 is 10.7 Å². The van der Waals surface area contributed by atoms with Crippen LogP contribution in [0.25, 0.3) is 22.1 Å². The number of halogens is 1. The number of nitrogens with two attached hydrogens (primary N) is 1. The Morgan fingerprint density at radius 3 is 2.91 bits per heavy atom. The zero-order chi connectivity index (χ0) is 15.1. The Morgan fingerprint density at radius 2 is 2.05 bits per heavy atom. The van der Waals surface area contributed by atoms with E-state index in [1.54, 1.807) is 6.20 Å². The van der Waals surface area contributed by atoms with Crippen LogP contribution in [0.4, 0.5) is 5.82 Å². The van der Waals surface area contributed by atoms with Crippen LogP contribution in [0.2, 0.25) is 5.02 Å². The predicted molar refractivity (Wildman–Crippen MR) is 87.0 cm³/mol. The number of rotatable bonds is 2. The molecule has 0 saturated heterocycles. The fraction of sp³-hybridized carbons (Fsp3) is 0. The number of fused-ring (bicyclic) bond motifs is 2. The standard InChI is InChI=1S/C14H9ClN6S/c15-7-1-2-8-9(5-7)17-4-3-10(8)22-14-20-11-12(16)18-6-19-13(11)21-14/h1-6H,(H3,16,18,19,20,21). The molecular formula is C14H9ClN6S. The first-order chi connectivity index (χ1) is 10.7. The SMILES string of the molecule is Nc1ncnc2nc(Sc3ccnc4cc(Cl)ccc34)[nH]c12. The van der Waals surface area contributed by atoms with Gasteiger partial charge in [-0.3, -0.25) is 4.98 Å². The molecule has 6 nitrogen and oxygen atoms in total. The highest BCUT2D eigenvalue weighted by atomic mass is 35.5. The Bertz CT molecular complexity index is 999. The van der Waals surface area contributed by atoms with Crippen molar-refractivity contribution in [1.29, 1.82) is 0 Å². The lowest BCUT2D eigenvalue weighted by molar-refractivity contribution is 1.07. The predicted octanol–water partition coefficient (Wildman–Crippen LogP) is 3.29. The summed E-state index contributed by atoms with van der Waals surface area (Å²) in [6.07, 6.45) is 3.15. The normalized spacial score (nSPS) is 11.3. The van der Waals surface area contributed by atoms with Gasteiger partial charge in [0.05, 0.1) is 5.52 Å². The average Bonchev–Trinajstić information content (AvgIpc) is 2.91. The van der Waals surface area contributed by atoms with Gasteiger partial charge in [-0.1, -0.05) is 29.4 Å². The van der Waals surface area contributed by atoms with Crippen molar-refractivity contribution < 1.29 is 0 Å². The Hall–Kier alpha value is -2.38. The monoisotopic (exact) mass is 328 g/mol. The molecule has 3 N–H and O–H groups in total. The first-order valence-electron chi connectivity index (χ1n) is 6.39. The molecule has 4 aromatic rings. The summed E-state index contributed by atoms with van der Waals surface area (Å²) >= 11 is 7.49. The number of benzene rings is 1. The van der Waals surface area contributed by atoms with Crippen LogP contribution in [0.5, 0.6) is 0 Å². The van der Waals surface area contributed by atoms with Crippen molar-refractivity contribution in [2.75, 3.05) is 5.73 Å². The van der Waals surface area contributed by atoms with Gasteiger partial charge >= 0.3 is 0 Å². The zero-order valence-corrected chi connectivity index (χ0v) is 12.7. The lowest BCUT2D eigenvalue weighted by Crippen LogP contribution is -1.91. The van der Waals surface area contributed by atoms with Gasteiger partial charge in [-0.25, -0.2) is 15.0 Å². The maximum Gasteiger partial charge on any atom is 0.183 e. The molecule has 0 fully saturated rings. The number of aromatic nitrogens is 5. The maximum absolute atomic E-state index is 6.01. The van der Waals surface area contributed by atoms with Crippen molar-refractivity contribution in [3.05, 3.63) is 41.8 Å². The minimum absolute atomic E-state index is 0.385. The molecule has 0 radical (unpaired) electrons. The highest BCUT2D eigenvalue weighted by Crippen LogP contribution is 2.33. The number of nitrogen functional groups attached to an aromatic ring is 1. The molecule has 0 unspecified atom stereocenters. The molecule has 0 atom stereocenters. The summed E-state index contributed by atoms with van der Waals surface area (Å²) in [6, 6.07) is 7.56. The molecule has 108 valence electrons. The molecule has 0 spiro atoms. The van der Waals surface area contributed by atoms with E-state index < -0.39 is 0 Å². The van der Waals surface area contributed by atoms with E-state index in [4.69, 9.17) is 17.3 Å². The fourth-order valence-corrected chi connectivity index (χ4v) is 3.23. The number of anilines is 1. The smallest absolute Gasteiger partial charge is 0.183 e. The Kier molecular flexibility index (Phi) is 3.09. The van der Waals surface area contributed by atoms with E-state index in [-0.39, 0.29) is 0 Å². The average molecular weight is 329 g/mol. The number of hydrogen-bond donors (Lipinski definition) is 2. The summed E-state index contributed by atoms with van der Waals surface area (Å²) in [7, 11) is 0. The molecule has 22 heavy (non-hydrogen) atoms. The van der Waals surface area contributed by atoms with E-state index in [2.05, 4.69) is 24.9 Å². The number of H-pyrrole nitrogens is 1. The van der Waals surface area contributed by atoms with Gasteiger partial charge in [0, 0.05) is 21.5 Å². The molecule has 0 bridgehead atoms. The number of pyridine rings is 1. The molecular weight excluding hydrogens is 320 g/mol. The van der Waals surface area contributed by atoms with E-state index in [9.17, 15) is 0 Å². The van der Waals surface area contributed by atoms with Crippen molar-refractivity contribution in [3.8, 4) is 0 Å². The quantitative estimate of drug-likeness (QED) is 0.586. The minimum Gasteiger partial charge on any atom is -0.382 e. The topological polar surface area (TPSA) is 93.4 Å². The molecule has 0 amide bonds. The van der Waals surface area contributed by atoms with E-state index in [0.717, 1.165) is 15.8 Å². The van der Waals surface area contributed by atoms with Crippen molar-refractivity contribution >= 4 is 51.2 Å². The van der Waals surface area contributed by atoms with Gasteiger partial charge in [0.1, 0.15) is 11.8 Å². The van der Waals surface area contributed by atoms with Crippen molar-refractivity contribution in [1.82, 2.24) is 24.9 Å². The summed E-state index contributed by atoms with van der Waals surface area (Å²) in [6.45, 7) is 0. The van der Waals surface area contributed by atoms with Gasteiger partial charge in [-0.05, 0) is 18.2 Å². The first kappa shape index (κ1) is 13.3. The van der Waals surface area contributed by atoms with Gasteiger partial charge in [0.25, 0.3) is 0 Å². The van der Waals surface area contributed by atoms with Gasteiger partial charge in [0.2, 0.25) is 0 Å². The van der Waals surface area contributed by atoms with Crippen LogP contribution in [0.15, 0.2) is 46.8 Å². The molecule has 0 aliphatic heterocycles. The van der Waals surface area contributed by atoms with Crippen LogP contribution in [0, 0.1) is 0 Å². The van der Waals surface area contributed by atoms with Crippen molar-refractivity contribution in [2.24, 2.45) is 0 Å². The molecule has 0 saturated carbocycles. The minimum atomic E-state index is 0.385. The fourth-order valence-electron chi connectivity index (χ4n) is 2.16. The van der Waals surface area contributed by atoms with Crippen LogP contribution in [-0.2, 0) is 0 Å². The maximum atomic E-state index is 6.01. The third-order valence-electron chi connectivity index (χ3n) is 3.17. The third-order valence-corrected chi connectivity index (χ3v) is 4.37. The molecule has 8 heteroatoms. The van der Waals surface area contributed by atoms with Crippen LogP contribution in [-0.4, -0.2) is 24.9 Å². The van der Waals surface area contributed by atoms with E-state index in [0.29, 0.717) is 27.2 Å². The van der Waals surface area contributed by atoms with Crippen molar-refractivity contribution in [2.45, 2.75) is 10.1 Å². The number of nitrogens with one attached hydrogen (secondary N) is 1. The number of nitrogens with zero attached hydrogens (tertiary/aromatic N) is 4. The summed E-state index contributed by atoms with van der Waals surface area (Å²) in [5, 5.41) is 2.37. The second kappa shape index (κ2) is 5.11. The number of imidazole rings is 1. The van der Waals surface area contributed by atoms with Crippen molar-refractivity contribution in [3.63, 3.8) is 0 Å². The zero-order valence-electron chi connectivity index (χ0n) is 11.1. The Labute approximate surface area is 134 Å². The van der Waals surface area contributed by atoms with Gasteiger partial charge in [0.15, 0.2) is 16.6 Å². The summed E-state index contributed by atoms with van der Waals surface area (Å²) in [5.74, 6) is 0.385. The second-order valence-corrected chi connectivity index (χ2v) is 6.04. The molecule has 3 aromatic heterocycles. The van der Waals surface area contributed by atoms with E-state index in [1.807, 2.05) is 24.3 Å². The Morgan fingerprint density at radius 1 is 1.14 bits per heavy atom. The molecule has 4 rings (SSSR count). The summed E-state index contributed by atoms with van der Waals surface area (Å²) < 4.78 is 0. The van der Waals surface area contributed by atoms with Crippen LogP contribution in [0.1, 0.15) is 0 Å². The molecule has 0 aliphatic carbocycles. The van der Waals surface area contributed by atoms with Crippen LogP contribution in [0.3, 0.4) is 0 Å². The molecule has 0 aliphatic rings. The molecule has 1 aromatic carbocycles. The largest absolute Gasteiger partial charge is 0.382 e. The third kappa shape index (κ3) is 2.24. The number of aromatic amines is 1.